The number of hydrogen-bond acceptors (Lipinski definition) is 4. The minimum atomic E-state index is -0.0565. The summed E-state index contributed by atoms with van der Waals surface area (Å²) in [6.45, 7) is 11.4. The molecule has 1 aromatic heterocycles. The number of benzene rings is 1. The Morgan fingerprint density at radius 2 is 1.95 bits per heavy atom. The first kappa shape index (κ1) is 15.3. The number of nitrogens with one attached hydrogen (secondary N) is 1. The standard InChI is InChI=1S/C17H24N4/c1-6-21(14-9-7-8-13(2)12-14)15-10-11-18-16(19-15)20-17(3,4)5/h7-12H,6H2,1-5H3,(H,18,19,20). The zero-order valence-electron chi connectivity index (χ0n) is 13.5. The molecule has 112 valence electrons. The van der Waals surface area contributed by atoms with Crippen molar-refractivity contribution < 1.29 is 0 Å². The molecule has 0 bridgehead atoms. The van der Waals surface area contributed by atoms with E-state index in [2.05, 4.69) is 79.1 Å². The Morgan fingerprint density at radius 3 is 2.57 bits per heavy atom. The summed E-state index contributed by atoms with van der Waals surface area (Å²) >= 11 is 0. The van der Waals surface area contributed by atoms with Crippen molar-refractivity contribution in [2.45, 2.75) is 40.2 Å². The van der Waals surface area contributed by atoms with E-state index in [1.807, 2.05) is 6.07 Å². The van der Waals surface area contributed by atoms with Crippen molar-refractivity contribution in [3.63, 3.8) is 0 Å². The maximum absolute atomic E-state index is 4.64. The predicted molar refractivity (Wildman–Crippen MR) is 89.3 cm³/mol. The number of aromatic nitrogens is 2. The first-order chi connectivity index (χ1) is 9.89. The molecular formula is C17H24N4. The summed E-state index contributed by atoms with van der Waals surface area (Å²) in [5, 5.41) is 3.31. The molecular weight excluding hydrogens is 260 g/mol. The first-order valence-electron chi connectivity index (χ1n) is 7.34. The lowest BCUT2D eigenvalue weighted by Gasteiger charge is -2.24. The summed E-state index contributed by atoms with van der Waals surface area (Å²) in [5.41, 5.74) is 2.34. The van der Waals surface area contributed by atoms with Crippen molar-refractivity contribution in [3.8, 4) is 0 Å². The van der Waals surface area contributed by atoms with E-state index in [0.29, 0.717) is 5.95 Å². The van der Waals surface area contributed by atoms with Crippen molar-refractivity contribution in [2.75, 3.05) is 16.8 Å². The van der Waals surface area contributed by atoms with E-state index in [1.165, 1.54) is 5.56 Å². The van der Waals surface area contributed by atoms with Gasteiger partial charge in [0.2, 0.25) is 5.95 Å². The van der Waals surface area contributed by atoms with Crippen molar-refractivity contribution in [1.29, 1.82) is 0 Å². The molecule has 0 aliphatic carbocycles. The van der Waals surface area contributed by atoms with Gasteiger partial charge in [-0.2, -0.15) is 4.98 Å². The van der Waals surface area contributed by atoms with Crippen LogP contribution in [-0.2, 0) is 0 Å². The van der Waals surface area contributed by atoms with Crippen LogP contribution in [0, 0.1) is 6.92 Å². The fourth-order valence-electron chi connectivity index (χ4n) is 2.17. The Hall–Kier alpha value is -2.10. The van der Waals surface area contributed by atoms with E-state index >= 15 is 0 Å². The van der Waals surface area contributed by atoms with Gasteiger partial charge in [0.15, 0.2) is 0 Å². The highest BCUT2D eigenvalue weighted by molar-refractivity contribution is 5.61. The maximum Gasteiger partial charge on any atom is 0.225 e. The number of hydrogen-bond donors (Lipinski definition) is 1. The van der Waals surface area contributed by atoms with Crippen LogP contribution in [0.2, 0.25) is 0 Å². The van der Waals surface area contributed by atoms with E-state index in [1.54, 1.807) is 6.20 Å². The SMILES string of the molecule is CCN(c1cccc(C)c1)c1ccnc(NC(C)(C)C)n1. The number of nitrogens with zero attached hydrogens (tertiary/aromatic N) is 3. The zero-order valence-corrected chi connectivity index (χ0v) is 13.5. The second-order valence-corrected chi connectivity index (χ2v) is 6.20. The van der Waals surface area contributed by atoms with Crippen molar-refractivity contribution >= 4 is 17.5 Å². The third kappa shape index (κ3) is 4.18. The molecule has 1 aromatic carbocycles. The molecule has 1 heterocycles. The Morgan fingerprint density at radius 1 is 1.19 bits per heavy atom. The highest BCUT2D eigenvalue weighted by Gasteiger charge is 2.14. The van der Waals surface area contributed by atoms with Gasteiger partial charge >= 0.3 is 0 Å². The van der Waals surface area contributed by atoms with Crippen LogP contribution < -0.4 is 10.2 Å². The smallest absolute Gasteiger partial charge is 0.225 e. The molecule has 0 fully saturated rings. The van der Waals surface area contributed by atoms with E-state index in [-0.39, 0.29) is 5.54 Å². The molecule has 0 amide bonds. The van der Waals surface area contributed by atoms with Crippen LogP contribution in [0.25, 0.3) is 0 Å². The van der Waals surface area contributed by atoms with Gasteiger partial charge in [-0.25, -0.2) is 4.98 Å². The van der Waals surface area contributed by atoms with Gasteiger partial charge in [-0.1, -0.05) is 12.1 Å². The van der Waals surface area contributed by atoms with E-state index in [9.17, 15) is 0 Å². The molecule has 0 spiro atoms. The lowest BCUT2D eigenvalue weighted by Crippen LogP contribution is -2.28. The van der Waals surface area contributed by atoms with Crippen molar-refractivity contribution in [1.82, 2.24) is 9.97 Å². The summed E-state index contributed by atoms with van der Waals surface area (Å²) < 4.78 is 0. The van der Waals surface area contributed by atoms with Gasteiger partial charge in [0.05, 0.1) is 0 Å². The molecule has 1 N–H and O–H groups in total. The summed E-state index contributed by atoms with van der Waals surface area (Å²) in [6, 6.07) is 10.4. The molecule has 0 saturated heterocycles. The van der Waals surface area contributed by atoms with Crippen LogP contribution in [-0.4, -0.2) is 22.1 Å². The van der Waals surface area contributed by atoms with Gasteiger partial charge in [-0.3, -0.25) is 0 Å². The van der Waals surface area contributed by atoms with Crippen LogP contribution in [0.1, 0.15) is 33.3 Å². The van der Waals surface area contributed by atoms with Gasteiger partial charge in [0.25, 0.3) is 0 Å². The molecule has 21 heavy (non-hydrogen) atoms. The van der Waals surface area contributed by atoms with Crippen molar-refractivity contribution in [3.05, 3.63) is 42.1 Å². The second-order valence-electron chi connectivity index (χ2n) is 6.20. The fraction of sp³-hybridized carbons (Fsp3) is 0.412. The molecule has 4 nitrogen and oxygen atoms in total. The largest absolute Gasteiger partial charge is 0.350 e. The van der Waals surface area contributed by atoms with E-state index in [0.717, 1.165) is 18.1 Å². The Labute approximate surface area is 127 Å². The molecule has 0 aliphatic heterocycles. The van der Waals surface area contributed by atoms with Crippen LogP contribution in [0.15, 0.2) is 36.5 Å². The molecule has 2 aromatic rings. The molecule has 2 rings (SSSR count). The minimum Gasteiger partial charge on any atom is -0.350 e. The molecule has 0 radical (unpaired) electrons. The van der Waals surface area contributed by atoms with Gasteiger partial charge in [0.1, 0.15) is 5.82 Å². The average Bonchev–Trinajstić information content (AvgIpc) is 2.38. The highest BCUT2D eigenvalue weighted by Crippen LogP contribution is 2.24. The second kappa shape index (κ2) is 6.12. The fourth-order valence-corrected chi connectivity index (χ4v) is 2.17. The lowest BCUT2D eigenvalue weighted by molar-refractivity contribution is 0.626. The number of rotatable bonds is 4. The predicted octanol–water partition coefficient (Wildman–Crippen LogP) is 4.15. The summed E-state index contributed by atoms with van der Waals surface area (Å²) in [4.78, 5) is 11.1. The van der Waals surface area contributed by atoms with Crippen LogP contribution >= 0.6 is 0 Å². The van der Waals surface area contributed by atoms with Crippen LogP contribution in [0.5, 0.6) is 0 Å². The monoisotopic (exact) mass is 284 g/mol. The third-order valence-corrected chi connectivity index (χ3v) is 3.03. The quantitative estimate of drug-likeness (QED) is 0.915. The molecule has 0 unspecified atom stereocenters. The molecule has 0 aliphatic rings. The number of aryl methyl sites for hydroxylation is 1. The Balaban J connectivity index is 2.32. The topological polar surface area (TPSA) is 41.1 Å². The normalized spacial score (nSPS) is 11.3. The average molecular weight is 284 g/mol. The van der Waals surface area contributed by atoms with Gasteiger partial charge < -0.3 is 10.2 Å². The maximum atomic E-state index is 4.64. The van der Waals surface area contributed by atoms with Crippen LogP contribution in [0.4, 0.5) is 17.5 Å². The van der Waals surface area contributed by atoms with Crippen molar-refractivity contribution in [2.24, 2.45) is 0 Å². The van der Waals surface area contributed by atoms with Gasteiger partial charge in [-0.05, 0) is 58.4 Å². The minimum absolute atomic E-state index is 0.0565. The third-order valence-electron chi connectivity index (χ3n) is 3.03. The van der Waals surface area contributed by atoms with E-state index < -0.39 is 0 Å². The zero-order chi connectivity index (χ0) is 15.5. The summed E-state index contributed by atoms with van der Waals surface area (Å²) in [5.74, 6) is 1.57. The van der Waals surface area contributed by atoms with Gasteiger partial charge in [-0.15, -0.1) is 0 Å². The number of anilines is 3. The molecule has 4 heteroatoms. The Bertz CT molecular complexity index is 602. The first-order valence-corrected chi connectivity index (χ1v) is 7.34. The lowest BCUT2D eigenvalue weighted by atomic mass is 10.1. The Kier molecular flexibility index (Phi) is 4.46. The summed E-state index contributed by atoms with van der Waals surface area (Å²) in [7, 11) is 0. The molecule has 0 atom stereocenters. The molecule has 0 saturated carbocycles. The summed E-state index contributed by atoms with van der Waals surface area (Å²) in [6.07, 6.45) is 1.80. The van der Waals surface area contributed by atoms with E-state index in [4.69, 9.17) is 0 Å². The van der Waals surface area contributed by atoms with Gasteiger partial charge in [0, 0.05) is 24.0 Å². The van der Waals surface area contributed by atoms with Crippen LogP contribution in [0.3, 0.4) is 0 Å². The highest BCUT2D eigenvalue weighted by atomic mass is 15.2.